The lowest BCUT2D eigenvalue weighted by Gasteiger charge is -2.23. The van der Waals surface area contributed by atoms with E-state index in [-0.39, 0.29) is 18.2 Å². The van der Waals surface area contributed by atoms with Crippen molar-refractivity contribution in [2.45, 2.75) is 16.6 Å². The predicted octanol–water partition coefficient (Wildman–Crippen LogP) is 3.93. The van der Waals surface area contributed by atoms with Crippen LogP contribution in [0.5, 0.6) is 0 Å². The summed E-state index contributed by atoms with van der Waals surface area (Å²) in [5, 5.41) is 5.04. The van der Waals surface area contributed by atoms with Crippen LogP contribution in [0.1, 0.15) is 27.1 Å². The number of rotatable bonds is 4. The van der Waals surface area contributed by atoms with Crippen LogP contribution in [0.4, 0.5) is 17.1 Å². The number of para-hydroxylation sites is 1. The molecular weight excluding hydrogens is 426 g/mol. The highest BCUT2D eigenvalue weighted by Crippen LogP contribution is 2.37. The maximum absolute atomic E-state index is 12.7. The number of amides is 4. The Bertz CT molecular complexity index is 1250. The van der Waals surface area contributed by atoms with Gasteiger partial charge in [-0.05, 0) is 42.5 Å². The van der Waals surface area contributed by atoms with Gasteiger partial charge in [-0.3, -0.25) is 19.2 Å². The molecule has 4 amide bonds. The van der Waals surface area contributed by atoms with Gasteiger partial charge >= 0.3 is 0 Å². The van der Waals surface area contributed by atoms with E-state index >= 15 is 0 Å². The largest absolute Gasteiger partial charge is 0.326 e. The fourth-order valence-corrected chi connectivity index (χ4v) is 4.86. The average molecular weight is 443 g/mol. The van der Waals surface area contributed by atoms with Crippen LogP contribution in [0.15, 0.2) is 77.7 Å². The van der Waals surface area contributed by atoms with Gasteiger partial charge in [-0.1, -0.05) is 30.3 Å². The van der Waals surface area contributed by atoms with Gasteiger partial charge in [0.05, 0.1) is 27.8 Å². The molecule has 0 spiro atoms. The van der Waals surface area contributed by atoms with E-state index in [1.807, 2.05) is 24.3 Å². The molecule has 0 saturated carbocycles. The Morgan fingerprint density at radius 3 is 2.34 bits per heavy atom. The molecule has 2 heterocycles. The quantitative estimate of drug-likeness (QED) is 0.596. The van der Waals surface area contributed by atoms with Crippen molar-refractivity contribution in [1.82, 2.24) is 0 Å². The fourth-order valence-electron chi connectivity index (χ4n) is 3.75. The van der Waals surface area contributed by atoms with Gasteiger partial charge in [-0.2, -0.15) is 0 Å². The van der Waals surface area contributed by atoms with Crippen LogP contribution in [-0.2, 0) is 9.59 Å². The SMILES string of the molecule is O=C(CC1Sc2ccccc2NC1=O)Nc1cccc(N2C(=O)c3ccccc3C2=O)c1. The lowest BCUT2D eigenvalue weighted by molar-refractivity contribution is -0.120. The van der Waals surface area contributed by atoms with Crippen molar-refractivity contribution in [2.75, 3.05) is 15.5 Å². The van der Waals surface area contributed by atoms with Crippen molar-refractivity contribution >= 4 is 52.5 Å². The van der Waals surface area contributed by atoms with E-state index in [2.05, 4.69) is 10.6 Å². The van der Waals surface area contributed by atoms with Gasteiger partial charge in [0.25, 0.3) is 11.8 Å². The topological polar surface area (TPSA) is 95.6 Å². The van der Waals surface area contributed by atoms with Crippen molar-refractivity contribution in [1.29, 1.82) is 0 Å². The van der Waals surface area contributed by atoms with Crippen LogP contribution in [0, 0.1) is 0 Å². The predicted molar refractivity (Wildman–Crippen MR) is 122 cm³/mol. The Morgan fingerprint density at radius 2 is 1.59 bits per heavy atom. The minimum Gasteiger partial charge on any atom is -0.326 e. The first-order valence-corrected chi connectivity index (χ1v) is 10.8. The van der Waals surface area contributed by atoms with Gasteiger partial charge in [0.2, 0.25) is 11.8 Å². The van der Waals surface area contributed by atoms with E-state index in [9.17, 15) is 19.2 Å². The number of hydrogen-bond acceptors (Lipinski definition) is 5. The molecule has 0 aromatic heterocycles. The molecule has 1 atom stereocenters. The zero-order valence-electron chi connectivity index (χ0n) is 16.7. The first-order chi connectivity index (χ1) is 15.5. The Hall–Kier alpha value is -3.91. The molecule has 158 valence electrons. The highest BCUT2D eigenvalue weighted by Gasteiger charge is 2.36. The second kappa shape index (κ2) is 7.97. The summed E-state index contributed by atoms with van der Waals surface area (Å²) >= 11 is 1.35. The van der Waals surface area contributed by atoms with Gasteiger partial charge < -0.3 is 10.6 Å². The maximum atomic E-state index is 12.7. The third kappa shape index (κ3) is 3.54. The minimum atomic E-state index is -0.552. The normalized spacial score (nSPS) is 16.9. The van der Waals surface area contributed by atoms with E-state index in [0.29, 0.717) is 22.5 Å². The molecule has 2 aliphatic heterocycles. The molecule has 5 rings (SSSR count). The van der Waals surface area contributed by atoms with Crippen molar-refractivity contribution < 1.29 is 19.2 Å². The number of nitrogens with one attached hydrogen (secondary N) is 2. The molecule has 32 heavy (non-hydrogen) atoms. The van der Waals surface area contributed by atoms with Gasteiger partial charge in [-0.25, -0.2) is 4.90 Å². The van der Waals surface area contributed by atoms with Crippen molar-refractivity contribution in [2.24, 2.45) is 0 Å². The van der Waals surface area contributed by atoms with Gasteiger partial charge in [0, 0.05) is 17.0 Å². The van der Waals surface area contributed by atoms with E-state index < -0.39 is 17.1 Å². The second-order valence-electron chi connectivity index (χ2n) is 7.39. The molecule has 8 heteroatoms. The van der Waals surface area contributed by atoms with E-state index in [0.717, 1.165) is 15.5 Å². The number of anilines is 3. The van der Waals surface area contributed by atoms with Gasteiger partial charge in [-0.15, -0.1) is 11.8 Å². The van der Waals surface area contributed by atoms with Crippen LogP contribution >= 0.6 is 11.8 Å². The number of benzene rings is 3. The smallest absolute Gasteiger partial charge is 0.266 e. The zero-order chi connectivity index (χ0) is 22.2. The standard InChI is InChI=1S/C24H17N3O4S/c28-21(13-20-22(29)26-18-10-3-4-11-19(18)32-20)25-14-6-5-7-15(12-14)27-23(30)16-8-1-2-9-17(16)24(27)31/h1-12,20H,13H2,(H,25,28)(H,26,29). The Kier molecular flexibility index (Phi) is 4.99. The number of carbonyl (C=O) groups excluding carboxylic acids is 4. The number of nitrogens with zero attached hydrogens (tertiary/aromatic N) is 1. The first-order valence-electron chi connectivity index (χ1n) is 9.95. The second-order valence-corrected chi connectivity index (χ2v) is 8.63. The average Bonchev–Trinajstić information content (AvgIpc) is 3.05. The van der Waals surface area contributed by atoms with Crippen LogP contribution in [0.25, 0.3) is 0 Å². The molecule has 7 nitrogen and oxygen atoms in total. The van der Waals surface area contributed by atoms with E-state index in [1.165, 1.54) is 11.8 Å². The third-order valence-electron chi connectivity index (χ3n) is 5.26. The molecule has 0 radical (unpaired) electrons. The van der Waals surface area contributed by atoms with Crippen LogP contribution in [0.2, 0.25) is 0 Å². The number of hydrogen-bond donors (Lipinski definition) is 2. The molecular formula is C24H17N3O4S. The zero-order valence-corrected chi connectivity index (χ0v) is 17.5. The first kappa shape index (κ1) is 20.0. The van der Waals surface area contributed by atoms with Crippen molar-refractivity contribution in [3.63, 3.8) is 0 Å². The summed E-state index contributed by atoms with van der Waals surface area (Å²) in [6.07, 6.45) is -0.0118. The molecule has 0 saturated heterocycles. The van der Waals surface area contributed by atoms with Gasteiger partial charge in [0.15, 0.2) is 0 Å². The molecule has 3 aromatic rings. The van der Waals surface area contributed by atoms with Crippen LogP contribution < -0.4 is 15.5 Å². The Balaban J connectivity index is 1.30. The molecule has 0 fully saturated rings. The molecule has 0 bridgehead atoms. The summed E-state index contributed by atoms with van der Waals surface area (Å²) in [5.74, 6) is -1.36. The third-order valence-corrected chi connectivity index (χ3v) is 6.53. The Morgan fingerprint density at radius 1 is 0.906 bits per heavy atom. The van der Waals surface area contributed by atoms with Gasteiger partial charge in [0.1, 0.15) is 0 Å². The highest BCUT2D eigenvalue weighted by molar-refractivity contribution is 8.01. The van der Waals surface area contributed by atoms with E-state index in [4.69, 9.17) is 0 Å². The van der Waals surface area contributed by atoms with Crippen molar-refractivity contribution in [3.05, 3.63) is 83.9 Å². The minimum absolute atomic E-state index is 0.0118. The Labute approximate surface area is 187 Å². The molecule has 2 aliphatic rings. The lowest BCUT2D eigenvalue weighted by Crippen LogP contribution is -2.32. The van der Waals surface area contributed by atoms with Crippen LogP contribution in [0.3, 0.4) is 0 Å². The summed E-state index contributed by atoms with van der Waals surface area (Å²) in [7, 11) is 0. The number of fused-ring (bicyclic) bond motifs is 2. The van der Waals surface area contributed by atoms with Crippen molar-refractivity contribution in [3.8, 4) is 0 Å². The summed E-state index contributed by atoms with van der Waals surface area (Å²) in [4.78, 5) is 52.4. The number of imide groups is 1. The number of thioether (sulfide) groups is 1. The summed E-state index contributed by atoms with van der Waals surface area (Å²) in [6.45, 7) is 0. The highest BCUT2D eigenvalue weighted by atomic mass is 32.2. The monoisotopic (exact) mass is 443 g/mol. The van der Waals surface area contributed by atoms with Crippen LogP contribution in [-0.4, -0.2) is 28.9 Å². The molecule has 2 N–H and O–H groups in total. The molecule has 0 aliphatic carbocycles. The summed E-state index contributed by atoms with van der Waals surface area (Å²) in [6, 6.07) is 20.6. The molecule has 3 aromatic carbocycles. The lowest BCUT2D eigenvalue weighted by atomic mass is 10.1. The fraction of sp³-hybridized carbons (Fsp3) is 0.0833. The summed E-state index contributed by atoms with van der Waals surface area (Å²) < 4.78 is 0. The van der Waals surface area contributed by atoms with E-state index in [1.54, 1.807) is 48.5 Å². The maximum Gasteiger partial charge on any atom is 0.266 e. The molecule has 1 unspecified atom stereocenters. The number of carbonyl (C=O) groups is 4. The summed E-state index contributed by atoms with van der Waals surface area (Å²) in [5.41, 5.74) is 2.26.